The zero-order chi connectivity index (χ0) is 19.5. The number of rotatable bonds is 9. The van der Waals surface area contributed by atoms with E-state index < -0.39 is 0 Å². The molecular weight excluding hydrogens is 467 g/mol. The van der Waals surface area contributed by atoms with Crippen LogP contribution in [0, 0.1) is 5.92 Å². The Morgan fingerprint density at radius 1 is 1.21 bits per heavy atom. The molecule has 1 aromatic rings. The Kier molecular flexibility index (Phi) is 12.3. The van der Waals surface area contributed by atoms with Gasteiger partial charge in [-0.2, -0.15) is 0 Å². The molecule has 0 radical (unpaired) electrons. The molecule has 1 aliphatic heterocycles. The van der Waals surface area contributed by atoms with Gasteiger partial charge in [-0.1, -0.05) is 13.0 Å². The third kappa shape index (κ3) is 8.43. The lowest BCUT2D eigenvalue weighted by atomic mass is 10.0. The van der Waals surface area contributed by atoms with Crippen molar-refractivity contribution >= 4 is 29.9 Å². The molecule has 0 aliphatic carbocycles. The predicted molar refractivity (Wildman–Crippen MR) is 127 cm³/mol. The molecule has 6 nitrogen and oxygen atoms in total. The third-order valence-electron chi connectivity index (χ3n) is 4.93. The predicted octanol–water partition coefficient (Wildman–Crippen LogP) is 3.15. The van der Waals surface area contributed by atoms with E-state index in [1.807, 2.05) is 12.1 Å². The van der Waals surface area contributed by atoms with Gasteiger partial charge in [-0.05, 0) is 56.3 Å². The molecule has 1 heterocycles. The van der Waals surface area contributed by atoms with Gasteiger partial charge in [0.1, 0.15) is 0 Å². The van der Waals surface area contributed by atoms with Gasteiger partial charge < -0.3 is 25.0 Å². The van der Waals surface area contributed by atoms with Crippen LogP contribution >= 0.6 is 24.0 Å². The van der Waals surface area contributed by atoms with Gasteiger partial charge in [0.25, 0.3) is 0 Å². The summed E-state index contributed by atoms with van der Waals surface area (Å²) in [6.45, 7) is 10.4. The highest BCUT2D eigenvalue weighted by molar-refractivity contribution is 14.0. The molecule has 0 aromatic heterocycles. The van der Waals surface area contributed by atoms with Crippen molar-refractivity contribution < 1.29 is 9.47 Å². The number of aliphatic imine (C=N–C) groups is 1. The van der Waals surface area contributed by atoms with Gasteiger partial charge >= 0.3 is 0 Å². The number of piperidine rings is 1. The maximum Gasteiger partial charge on any atom is 0.191 e. The molecule has 1 atom stereocenters. The number of ether oxygens (including phenoxy) is 2. The van der Waals surface area contributed by atoms with Gasteiger partial charge in [0.15, 0.2) is 17.5 Å². The fourth-order valence-corrected chi connectivity index (χ4v) is 3.50. The molecule has 0 bridgehead atoms. The van der Waals surface area contributed by atoms with Gasteiger partial charge in [0.05, 0.1) is 20.8 Å². The van der Waals surface area contributed by atoms with E-state index >= 15 is 0 Å². The van der Waals surface area contributed by atoms with Crippen LogP contribution in [0.1, 0.15) is 32.3 Å². The molecule has 0 amide bonds. The van der Waals surface area contributed by atoms with Crippen molar-refractivity contribution in [2.24, 2.45) is 10.9 Å². The monoisotopic (exact) mass is 504 g/mol. The number of likely N-dealkylation sites (tertiary alicyclic amines) is 1. The largest absolute Gasteiger partial charge is 0.493 e. The van der Waals surface area contributed by atoms with E-state index in [0.29, 0.717) is 0 Å². The molecule has 2 N–H and O–H groups in total. The van der Waals surface area contributed by atoms with Crippen LogP contribution in [0.3, 0.4) is 0 Å². The first-order valence-electron chi connectivity index (χ1n) is 10.1. The molecule has 28 heavy (non-hydrogen) atoms. The highest BCUT2D eigenvalue weighted by atomic mass is 127. The Morgan fingerprint density at radius 2 is 2.00 bits per heavy atom. The number of benzene rings is 1. The average Bonchev–Trinajstić information content (AvgIpc) is 2.68. The van der Waals surface area contributed by atoms with Crippen LogP contribution in [0.25, 0.3) is 0 Å². The molecule has 2 rings (SSSR count). The van der Waals surface area contributed by atoms with Crippen LogP contribution in [0.5, 0.6) is 11.5 Å². The van der Waals surface area contributed by atoms with Gasteiger partial charge in [0, 0.05) is 26.2 Å². The molecule has 1 saturated heterocycles. The molecular formula is C21H37IN4O2. The van der Waals surface area contributed by atoms with Crippen molar-refractivity contribution in [1.82, 2.24) is 15.5 Å². The quantitative estimate of drug-likeness (QED) is 0.308. The Hall–Kier alpha value is -1.22. The minimum atomic E-state index is 0. The molecule has 1 aliphatic rings. The molecule has 1 aromatic carbocycles. The summed E-state index contributed by atoms with van der Waals surface area (Å²) < 4.78 is 10.7. The lowest BCUT2D eigenvalue weighted by Gasteiger charge is -2.30. The summed E-state index contributed by atoms with van der Waals surface area (Å²) in [6, 6.07) is 6.06. The number of guanidine groups is 1. The van der Waals surface area contributed by atoms with Crippen molar-refractivity contribution in [2.75, 3.05) is 53.5 Å². The van der Waals surface area contributed by atoms with E-state index in [1.54, 1.807) is 14.2 Å². The van der Waals surface area contributed by atoms with Crippen molar-refractivity contribution in [3.63, 3.8) is 0 Å². The van der Waals surface area contributed by atoms with Gasteiger partial charge in [0.2, 0.25) is 0 Å². The SMILES string of the molecule is CCNC(=NCCN1CCCC(C)C1)NCCc1ccc(OC)c(OC)c1.I. The third-order valence-corrected chi connectivity index (χ3v) is 4.93. The van der Waals surface area contributed by atoms with Crippen LogP contribution in [0.15, 0.2) is 23.2 Å². The highest BCUT2D eigenvalue weighted by Gasteiger charge is 2.15. The number of halogens is 1. The molecule has 0 spiro atoms. The number of hydrogen-bond acceptors (Lipinski definition) is 4. The summed E-state index contributed by atoms with van der Waals surface area (Å²) in [6.07, 6.45) is 3.57. The standard InChI is InChI=1S/C21H36N4O2.HI/c1-5-22-21(24-12-14-25-13-6-7-17(2)16-25)23-11-10-18-8-9-19(26-3)20(15-18)27-4;/h8-9,15,17H,5-7,10-14,16H2,1-4H3,(H2,22,23,24);1H. The first-order chi connectivity index (χ1) is 13.2. The summed E-state index contributed by atoms with van der Waals surface area (Å²) in [5, 5.41) is 6.76. The van der Waals surface area contributed by atoms with Crippen molar-refractivity contribution in [1.29, 1.82) is 0 Å². The van der Waals surface area contributed by atoms with E-state index in [9.17, 15) is 0 Å². The lowest BCUT2D eigenvalue weighted by Crippen LogP contribution is -2.40. The zero-order valence-electron chi connectivity index (χ0n) is 17.8. The summed E-state index contributed by atoms with van der Waals surface area (Å²) in [7, 11) is 3.32. The number of methoxy groups -OCH3 is 2. The smallest absolute Gasteiger partial charge is 0.191 e. The highest BCUT2D eigenvalue weighted by Crippen LogP contribution is 2.27. The van der Waals surface area contributed by atoms with Crippen LogP contribution in [-0.2, 0) is 6.42 Å². The topological polar surface area (TPSA) is 58.1 Å². The zero-order valence-corrected chi connectivity index (χ0v) is 20.1. The van der Waals surface area contributed by atoms with E-state index in [-0.39, 0.29) is 24.0 Å². The van der Waals surface area contributed by atoms with Crippen molar-refractivity contribution in [3.05, 3.63) is 23.8 Å². The first-order valence-corrected chi connectivity index (χ1v) is 10.1. The van der Waals surface area contributed by atoms with E-state index in [1.165, 1.54) is 31.5 Å². The normalized spacial score (nSPS) is 17.6. The Morgan fingerprint density at radius 3 is 2.68 bits per heavy atom. The number of hydrogen-bond donors (Lipinski definition) is 2. The van der Waals surface area contributed by atoms with Crippen molar-refractivity contribution in [3.8, 4) is 11.5 Å². The average molecular weight is 504 g/mol. The minimum Gasteiger partial charge on any atom is -0.493 e. The fraction of sp³-hybridized carbons (Fsp3) is 0.667. The maximum absolute atomic E-state index is 5.37. The van der Waals surface area contributed by atoms with Crippen LogP contribution in [0.4, 0.5) is 0 Å². The number of nitrogens with one attached hydrogen (secondary N) is 2. The van der Waals surface area contributed by atoms with E-state index in [4.69, 9.17) is 14.5 Å². The van der Waals surface area contributed by atoms with Crippen LogP contribution in [0.2, 0.25) is 0 Å². The second kappa shape index (κ2) is 13.9. The van der Waals surface area contributed by atoms with Crippen LogP contribution < -0.4 is 20.1 Å². The van der Waals surface area contributed by atoms with Crippen LogP contribution in [-0.4, -0.2) is 64.3 Å². The molecule has 1 fully saturated rings. The Labute approximate surface area is 187 Å². The van der Waals surface area contributed by atoms with Gasteiger partial charge in [-0.3, -0.25) is 4.99 Å². The van der Waals surface area contributed by atoms with E-state index in [2.05, 4.69) is 35.4 Å². The molecule has 0 saturated carbocycles. The first kappa shape index (κ1) is 24.8. The second-order valence-electron chi connectivity index (χ2n) is 7.17. The second-order valence-corrected chi connectivity index (χ2v) is 7.17. The molecule has 1 unspecified atom stereocenters. The summed E-state index contributed by atoms with van der Waals surface area (Å²) in [5.41, 5.74) is 1.21. The Balaban J connectivity index is 0.00000392. The lowest BCUT2D eigenvalue weighted by molar-refractivity contribution is 0.189. The summed E-state index contributed by atoms with van der Waals surface area (Å²) in [5.74, 6) is 3.24. The molecule has 160 valence electrons. The summed E-state index contributed by atoms with van der Waals surface area (Å²) in [4.78, 5) is 7.27. The fourth-order valence-electron chi connectivity index (χ4n) is 3.50. The van der Waals surface area contributed by atoms with Crippen molar-refractivity contribution in [2.45, 2.75) is 33.1 Å². The maximum atomic E-state index is 5.37. The number of nitrogens with zero attached hydrogens (tertiary/aromatic N) is 2. The van der Waals surface area contributed by atoms with Gasteiger partial charge in [-0.25, -0.2) is 0 Å². The molecule has 7 heteroatoms. The Bertz CT molecular complexity index is 598. The van der Waals surface area contributed by atoms with E-state index in [0.717, 1.165) is 56.0 Å². The minimum absolute atomic E-state index is 0. The van der Waals surface area contributed by atoms with Gasteiger partial charge in [-0.15, -0.1) is 24.0 Å². The summed E-state index contributed by atoms with van der Waals surface area (Å²) >= 11 is 0.